The molecule has 5 heteroatoms. The van der Waals surface area contributed by atoms with Gasteiger partial charge in [0.25, 0.3) is 0 Å². The average Bonchev–Trinajstić information content (AvgIpc) is 2.46. The minimum atomic E-state index is -0.330. The molecular weight excluding hydrogens is 259 g/mol. The summed E-state index contributed by atoms with van der Waals surface area (Å²) in [5, 5.41) is 0. The molecule has 106 valence electrons. The number of rotatable bonds is 5. The molecule has 2 rings (SSSR count). The van der Waals surface area contributed by atoms with Crippen LogP contribution in [0.5, 0.6) is 11.6 Å². The third-order valence-electron chi connectivity index (χ3n) is 2.89. The standard InChI is InChI=1S/C15H17FN2O2/c1-10(17)13-8-12(16)5-6-14(13)20-9-11-4-3-7-18-15(11)19-2/h3-8,10H,9,17H2,1-2H3. The average molecular weight is 276 g/mol. The molecule has 20 heavy (non-hydrogen) atoms. The van der Waals surface area contributed by atoms with Gasteiger partial charge in [0.15, 0.2) is 0 Å². The van der Waals surface area contributed by atoms with Gasteiger partial charge >= 0.3 is 0 Å². The van der Waals surface area contributed by atoms with Gasteiger partial charge in [-0.05, 0) is 37.3 Å². The predicted octanol–water partition coefficient (Wildman–Crippen LogP) is 2.83. The third-order valence-corrected chi connectivity index (χ3v) is 2.89. The Balaban J connectivity index is 2.19. The number of nitrogens with zero attached hydrogens (tertiary/aromatic N) is 1. The molecule has 1 aromatic heterocycles. The molecule has 0 radical (unpaired) electrons. The number of halogens is 1. The maximum Gasteiger partial charge on any atom is 0.219 e. The van der Waals surface area contributed by atoms with E-state index < -0.39 is 0 Å². The van der Waals surface area contributed by atoms with Gasteiger partial charge in [0.2, 0.25) is 5.88 Å². The summed E-state index contributed by atoms with van der Waals surface area (Å²) in [6, 6.07) is 7.68. The highest BCUT2D eigenvalue weighted by Crippen LogP contribution is 2.26. The summed E-state index contributed by atoms with van der Waals surface area (Å²) in [5.74, 6) is 0.743. The monoisotopic (exact) mass is 276 g/mol. The number of methoxy groups -OCH3 is 1. The van der Waals surface area contributed by atoms with Crippen molar-refractivity contribution in [1.82, 2.24) is 4.98 Å². The van der Waals surface area contributed by atoms with Gasteiger partial charge in [-0.15, -0.1) is 0 Å². The minimum absolute atomic E-state index is 0.280. The number of aromatic nitrogens is 1. The van der Waals surface area contributed by atoms with Gasteiger partial charge in [-0.1, -0.05) is 0 Å². The zero-order valence-electron chi connectivity index (χ0n) is 11.5. The van der Waals surface area contributed by atoms with Gasteiger partial charge in [0.05, 0.1) is 12.7 Å². The summed E-state index contributed by atoms with van der Waals surface area (Å²) in [7, 11) is 1.55. The van der Waals surface area contributed by atoms with Crippen molar-refractivity contribution in [2.24, 2.45) is 5.73 Å². The van der Waals surface area contributed by atoms with E-state index in [9.17, 15) is 4.39 Å². The van der Waals surface area contributed by atoms with Crippen LogP contribution in [-0.4, -0.2) is 12.1 Å². The van der Waals surface area contributed by atoms with Gasteiger partial charge < -0.3 is 15.2 Å². The number of benzene rings is 1. The van der Waals surface area contributed by atoms with Gasteiger partial charge in [-0.2, -0.15) is 0 Å². The third kappa shape index (κ3) is 3.24. The zero-order valence-corrected chi connectivity index (χ0v) is 11.5. The molecule has 0 bridgehead atoms. The number of hydrogen-bond acceptors (Lipinski definition) is 4. The molecule has 1 heterocycles. The van der Waals surface area contributed by atoms with Crippen molar-refractivity contribution in [2.75, 3.05) is 7.11 Å². The molecule has 4 nitrogen and oxygen atoms in total. The molecule has 2 aromatic rings. The highest BCUT2D eigenvalue weighted by Gasteiger charge is 2.11. The molecule has 0 aliphatic rings. The van der Waals surface area contributed by atoms with Crippen molar-refractivity contribution in [3.8, 4) is 11.6 Å². The van der Waals surface area contributed by atoms with E-state index >= 15 is 0 Å². The number of hydrogen-bond donors (Lipinski definition) is 1. The maximum atomic E-state index is 13.2. The van der Waals surface area contributed by atoms with Gasteiger partial charge in [-0.3, -0.25) is 0 Å². The summed E-state index contributed by atoms with van der Waals surface area (Å²) >= 11 is 0. The number of ether oxygens (including phenoxy) is 2. The van der Waals surface area contributed by atoms with Crippen molar-refractivity contribution in [3.05, 3.63) is 53.5 Å². The van der Waals surface area contributed by atoms with Crippen LogP contribution in [0.3, 0.4) is 0 Å². The molecule has 0 amide bonds. The smallest absolute Gasteiger partial charge is 0.219 e. The fourth-order valence-corrected chi connectivity index (χ4v) is 1.88. The Bertz CT molecular complexity index is 588. The first kappa shape index (κ1) is 14.3. The summed E-state index contributed by atoms with van der Waals surface area (Å²) in [5.41, 5.74) is 7.27. The van der Waals surface area contributed by atoms with Crippen molar-refractivity contribution >= 4 is 0 Å². The highest BCUT2D eigenvalue weighted by atomic mass is 19.1. The maximum absolute atomic E-state index is 13.2. The van der Waals surface area contributed by atoms with Crippen molar-refractivity contribution in [1.29, 1.82) is 0 Å². The second kappa shape index (κ2) is 6.34. The lowest BCUT2D eigenvalue weighted by atomic mass is 10.1. The van der Waals surface area contributed by atoms with Crippen molar-refractivity contribution < 1.29 is 13.9 Å². The molecule has 0 saturated heterocycles. The van der Waals surface area contributed by atoms with E-state index in [-0.39, 0.29) is 18.5 Å². The van der Waals surface area contributed by atoms with E-state index in [0.717, 1.165) is 5.56 Å². The minimum Gasteiger partial charge on any atom is -0.488 e. The fraction of sp³-hybridized carbons (Fsp3) is 0.267. The Morgan fingerprint density at radius 3 is 2.85 bits per heavy atom. The molecule has 1 unspecified atom stereocenters. The van der Waals surface area contributed by atoms with Crippen LogP contribution in [0, 0.1) is 5.82 Å². The van der Waals surface area contributed by atoms with E-state index in [1.54, 1.807) is 32.4 Å². The Labute approximate surface area is 117 Å². The first-order valence-corrected chi connectivity index (χ1v) is 6.27. The molecule has 0 spiro atoms. The quantitative estimate of drug-likeness (QED) is 0.912. The second-order valence-corrected chi connectivity index (χ2v) is 4.43. The van der Waals surface area contributed by atoms with E-state index in [1.807, 2.05) is 6.07 Å². The van der Waals surface area contributed by atoms with Gasteiger partial charge in [0, 0.05) is 17.8 Å². The molecule has 1 aromatic carbocycles. The SMILES string of the molecule is COc1ncccc1COc1ccc(F)cc1C(C)N. The van der Waals surface area contributed by atoms with E-state index in [4.69, 9.17) is 15.2 Å². The number of pyridine rings is 1. The summed E-state index contributed by atoms with van der Waals surface area (Å²) < 4.78 is 24.1. The topological polar surface area (TPSA) is 57.4 Å². The van der Waals surface area contributed by atoms with Crippen LogP contribution in [-0.2, 0) is 6.61 Å². The molecule has 2 N–H and O–H groups in total. The molecule has 0 fully saturated rings. The van der Waals surface area contributed by atoms with Crippen LogP contribution < -0.4 is 15.2 Å². The van der Waals surface area contributed by atoms with Gasteiger partial charge in [-0.25, -0.2) is 9.37 Å². The van der Waals surface area contributed by atoms with Crippen LogP contribution in [0.15, 0.2) is 36.5 Å². The van der Waals surface area contributed by atoms with Gasteiger partial charge in [0.1, 0.15) is 18.2 Å². The fourth-order valence-electron chi connectivity index (χ4n) is 1.88. The molecule has 0 aliphatic carbocycles. The summed E-state index contributed by atoms with van der Waals surface area (Å²) in [4.78, 5) is 4.09. The van der Waals surface area contributed by atoms with E-state index in [1.165, 1.54) is 12.1 Å². The first-order chi connectivity index (χ1) is 9.61. The highest BCUT2D eigenvalue weighted by molar-refractivity contribution is 5.36. The normalized spacial score (nSPS) is 12.0. The second-order valence-electron chi connectivity index (χ2n) is 4.43. The van der Waals surface area contributed by atoms with Crippen LogP contribution in [0.1, 0.15) is 24.1 Å². The Hall–Kier alpha value is -2.14. The Morgan fingerprint density at radius 2 is 2.15 bits per heavy atom. The molecule has 0 aliphatic heterocycles. The predicted molar refractivity (Wildman–Crippen MR) is 74.1 cm³/mol. The summed E-state index contributed by atoms with van der Waals surface area (Å²) in [6.45, 7) is 2.06. The largest absolute Gasteiger partial charge is 0.488 e. The zero-order chi connectivity index (χ0) is 14.5. The lowest BCUT2D eigenvalue weighted by Crippen LogP contribution is -2.09. The lowest BCUT2D eigenvalue weighted by molar-refractivity contribution is 0.289. The lowest BCUT2D eigenvalue weighted by Gasteiger charge is -2.15. The molecule has 0 saturated carbocycles. The first-order valence-electron chi connectivity index (χ1n) is 6.27. The van der Waals surface area contributed by atoms with E-state index in [2.05, 4.69) is 4.98 Å². The van der Waals surface area contributed by atoms with Crippen molar-refractivity contribution in [3.63, 3.8) is 0 Å². The Morgan fingerprint density at radius 1 is 1.35 bits per heavy atom. The van der Waals surface area contributed by atoms with Crippen LogP contribution in [0.2, 0.25) is 0 Å². The molecule has 1 atom stereocenters. The molecular formula is C15H17FN2O2. The van der Waals surface area contributed by atoms with Crippen LogP contribution in [0.25, 0.3) is 0 Å². The van der Waals surface area contributed by atoms with Crippen molar-refractivity contribution in [2.45, 2.75) is 19.6 Å². The summed E-state index contributed by atoms with van der Waals surface area (Å²) in [6.07, 6.45) is 1.65. The Kier molecular flexibility index (Phi) is 4.53. The van der Waals surface area contributed by atoms with Crippen LogP contribution in [0.4, 0.5) is 4.39 Å². The number of nitrogens with two attached hydrogens (primary N) is 1. The van der Waals surface area contributed by atoms with E-state index in [0.29, 0.717) is 17.2 Å². The van der Waals surface area contributed by atoms with Crippen LogP contribution >= 0.6 is 0 Å².